The van der Waals surface area contributed by atoms with Crippen LogP contribution < -0.4 is 5.43 Å². The molecule has 0 bridgehead atoms. The van der Waals surface area contributed by atoms with Gasteiger partial charge in [0.15, 0.2) is 0 Å². The molecule has 0 fully saturated rings. The standard InChI is InChI=1S/C20H22Cl2N2O2/c1-5-13-9-11-14(12-10-13)18(25)23-24(20(2,3)4)19(26)15-7-6-8-16(21)17(15)22/h6-12H,5H2,1-4H3,(H,23,25). The van der Waals surface area contributed by atoms with Crippen molar-refractivity contribution in [1.29, 1.82) is 0 Å². The van der Waals surface area contributed by atoms with Gasteiger partial charge in [-0.05, 0) is 57.0 Å². The number of halogens is 2. The summed E-state index contributed by atoms with van der Waals surface area (Å²) in [7, 11) is 0. The smallest absolute Gasteiger partial charge is 0.267 e. The molecule has 0 radical (unpaired) electrons. The van der Waals surface area contributed by atoms with Crippen molar-refractivity contribution in [3.8, 4) is 0 Å². The molecule has 0 aliphatic heterocycles. The van der Waals surface area contributed by atoms with Crippen LogP contribution in [0.5, 0.6) is 0 Å². The van der Waals surface area contributed by atoms with E-state index in [1.165, 1.54) is 5.01 Å². The Morgan fingerprint density at radius 2 is 1.65 bits per heavy atom. The van der Waals surface area contributed by atoms with Gasteiger partial charge in [0.25, 0.3) is 11.8 Å². The summed E-state index contributed by atoms with van der Waals surface area (Å²) in [5.41, 5.74) is 3.87. The van der Waals surface area contributed by atoms with Crippen LogP contribution in [0.4, 0.5) is 0 Å². The van der Waals surface area contributed by atoms with Gasteiger partial charge in [-0.3, -0.25) is 15.0 Å². The molecule has 0 atom stereocenters. The highest BCUT2D eigenvalue weighted by atomic mass is 35.5. The lowest BCUT2D eigenvalue weighted by Gasteiger charge is -2.35. The molecule has 2 aromatic rings. The van der Waals surface area contributed by atoms with E-state index in [0.29, 0.717) is 5.56 Å². The van der Waals surface area contributed by atoms with Gasteiger partial charge >= 0.3 is 0 Å². The number of amides is 2. The summed E-state index contributed by atoms with van der Waals surface area (Å²) in [5.74, 6) is -0.794. The number of aryl methyl sites for hydroxylation is 1. The van der Waals surface area contributed by atoms with Crippen LogP contribution in [-0.4, -0.2) is 22.4 Å². The third-order valence-corrected chi connectivity index (χ3v) is 4.71. The zero-order valence-electron chi connectivity index (χ0n) is 15.3. The first-order valence-electron chi connectivity index (χ1n) is 8.33. The topological polar surface area (TPSA) is 49.4 Å². The normalized spacial score (nSPS) is 11.2. The Morgan fingerprint density at radius 3 is 2.19 bits per heavy atom. The van der Waals surface area contributed by atoms with Gasteiger partial charge in [-0.25, -0.2) is 5.01 Å². The summed E-state index contributed by atoms with van der Waals surface area (Å²) in [4.78, 5) is 25.6. The summed E-state index contributed by atoms with van der Waals surface area (Å²) in [6.45, 7) is 7.52. The lowest BCUT2D eigenvalue weighted by Crippen LogP contribution is -2.56. The molecule has 0 aromatic heterocycles. The lowest BCUT2D eigenvalue weighted by atomic mass is 10.1. The number of benzene rings is 2. The Bertz CT molecular complexity index is 812. The highest BCUT2D eigenvalue weighted by Crippen LogP contribution is 2.28. The molecule has 2 aromatic carbocycles. The third kappa shape index (κ3) is 4.57. The van der Waals surface area contributed by atoms with Gasteiger partial charge in [-0.2, -0.15) is 0 Å². The zero-order valence-corrected chi connectivity index (χ0v) is 16.8. The van der Waals surface area contributed by atoms with E-state index in [4.69, 9.17) is 23.2 Å². The number of nitrogens with one attached hydrogen (secondary N) is 1. The Balaban J connectivity index is 2.31. The molecule has 2 amide bonds. The number of hydrogen-bond acceptors (Lipinski definition) is 2. The maximum atomic E-state index is 13.0. The predicted octanol–water partition coefficient (Wildman–Crippen LogP) is 5.14. The fraction of sp³-hybridized carbons (Fsp3) is 0.300. The van der Waals surface area contributed by atoms with Crippen LogP contribution in [0.2, 0.25) is 10.0 Å². The Labute approximate surface area is 164 Å². The maximum absolute atomic E-state index is 13.0. The second-order valence-corrected chi connectivity index (χ2v) is 7.69. The molecule has 1 N–H and O–H groups in total. The molecule has 26 heavy (non-hydrogen) atoms. The molecule has 4 nitrogen and oxygen atoms in total. The lowest BCUT2D eigenvalue weighted by molar-refractivity contribution is 0.0359. The molecule has 2 rings (SSSR count). The SMILES string of the molecule is CCc1ccc(C(=O)NN(C(=O)c2cccc(Cl)c2Cl)C(C)(C)C)cc1. The van der Waals surface area contributed by atoms with Crippen molar-refractivity contribution in [3.05, 3.63) is 69.2 Å². The minimum Gasteiger partial charge on any atom is -0.267 e. The largest absolute Gasteiger partial charge is 0.274 e. The van der Waals surface area contributed by atoms with Crippen LogP contribution in [0.3, 0.4) is 0 Å². The van der Waals surface area contributed by atoms with E-state index >= 15 is 0 Å². The van der Waals surface area contributed by atoms with E-state index in [2.05, 4.69) is 5.43 Å². The number of nitrogens with zero attached hydrogens (tertiary/aromatic N) is 1. The van der Waals surface area contributed by atoms with Gasteiger partial charge in [0.2, 0.25) is 0 Å². The van der Waals surface area contributed by atoms with Crippen LogP contribution in [0.1, 0.15) is 54.0 Å². The highest BCUT2D eigenvalue weighted by molar-refractivity contribution is 6.43. The molecule has 0 unspecified atom stereocenters. The van der Waals surface area contributed by atoms with Crippen LogP contribution in [0, 0.1) is 0 Å². The minimum absolute atomic E-state index is 0.162. The molecule has 0 aliphatic carbocycles. The van der Waals surface area contributed by atoms with Gasteiger partial charge < -0.3 is 0 Å². The molecule has 138 valence electrons. The van der Waals surface area contributed by atoms with Crippen molar-refractivity contribution in [1.82, 2.24) is 10.4 Å². The number of hydrogen-bond donors (Lipinski definition) is 1. The first-order chi connectivity index (χ1) is 12.1. The van der Waals surface area contributed by atoms with Crippen molar-refractivity contribution in [2.24, 2.45) is 0 Å². The van der Waals surface area contributed by atoms with Crippen LogP contribution in [-0.2, 0) is 6.42 Å². The van der Waals surface area contributed by atoms with Crippen molar-refractivity contribution >= 4 is 35.0 Å². The average molecular weight is 393 g/mol. The van der Waals surface area contributed by atoms with Gasteiger partial charge in [0.1, 0.15) is 0 Å². The van der Waals surface area contributed by atoms with Gasteiger partial charge in [-0.15, -0.1) is 0 Å². The Morgan fingerprint density at radius 1 is 1.04 bits per heavy atom. The summed E-state index contributed by atoms with van der Waals surface area (Å²) < 4.78 is 0. The Kier molecular flexibility index (Phi) is 6.32. The number of carbonyl (C=O) groups is 2. The monoisotopic (exact) mass is 392 g/mol. The number of carbonyl (C=O) groups excluding carboxylic acids is 2. The van der Waals surface area contributed by atoms with Crippen molar-refractivity contribution in [2.75, 3.05) is 0 Å². The van der Waals surface area contributed by atoms with E-state index in [9.17, 15) is 9.59 Å². The number of rotatable bonds is 3. The maximum Gasteiger partial charge on any atom is 0.274 e. The molecule has 0 spiro atoms. The first-order valence-corrected chi connectivity index (χ1v) is 9.09. The minimum atomic E-state index is -0.665. The quantitative estimate of drug-likeness (QED) is 0.734. The molecule has 0 saturated carbocycles. The summed E-state index contributed by atoms with van der Waals surface area (Å²) >= 11 is 12.2. The van der Waals surface area contributed by atoms with Crippen molar-refractivity contribution in [3.63, 3.8) is 0 Å². The van der Waals surface area contributed by atoms with E-state index < -0.39 is 11.4 Å². The summed E-state index contributed by atoms with van der Waals surface area (Å²) in [6, 6.07) is 12.1. The zero-order chi connectivity index (χ0) is 19.5. The molecule has 6 heteroatoms. The molecular weight excluding hydrogens is 371 g/mol. The predicted molar refractivity (Wildman–Crippen MR) is 106 cm³/mol. The van der Waals surface area contributed by atoms with E-state index in [-0.39, 0.29) is 21.5 Å². The van der Waals surface area contributed by atoms with Gasteiger partial charge in [0, 0.05) is 5.56 Å². The highest BCUT2D eigenvalue weighted by Gasteiger charge is 2.31. The molecule has 0 saturated heterocycles. The second-order valence-electron chi connectivity index (χ2n) is 6.90. The fourth-order valence-electron chi connectivity index (χ4n) is 2.37. The van der Waals surface area contributed by atoms with Crippen molar-refractivity contribution < 1.29 is 9.59 Å². The summed E-state index contributed by atoms with van der Waals surface area (Å²) in [6.07, 6.45) is 0.891. The van der Waals surface area contributed by atoms with Gasteiger partial charge in [-0.1, -0.05) is 48.3 Å². The molecule has 0 aliphatic rings. The molecule has 0 heterocycles. The fourth-order valence-corrected chi connectivity index (χ4v) is 2.75. The van der Waals surface area contributed by atoms with E-state index in [1.54, 1.807) is 30.3 Å². The second kappa shape index (κ2) is 8.11. The van der Waals surface area contributed by atoms with E-state index in [0.717, 1.165) is 12.0 Å². The van der Waals surface area contributed by atoms with Crippen molar-refractivity contribution in [2.45, 2.75) is 39.7 Å². The Hall–Kier alpha value is -2.04. The van der Waals surface area contributed by atoms with Gasteiger partial charge in [0.05, 0.1) is 21.1 Å². The van der Waals surface area contributed by atoms with E-state index in [1.807, 2.05) is 39.8 Å². The van der Waals surface area contributed by atoms with Crippen LogP contribution in [0.25, 0.3) is 0 Å². The number of hydrazine groups is 1. The van der Waals surface area contributed by atoms with Crippen LogP contribution >= 0.6 is 23.2 Å². The van der Waals surface area contributed by atoms with Crippen LogP contribution in [0.15, 0.2) is 42.5 Å². The molecular formula is C20H22Cl2N2O2. The summed E-state index contributed by atoms with van der Waals surface area (Å²) in [5, 5.41) is 1.73. The average Bonchev–Trinajstić information content (AvgIpc) is 2.60. The first kappa shape index (κ1) is 20.3. The third-order valence-electron chi connectivity index (χ3n) is 3.89.